The van der Waals surface area contributed by atoms with E-state index in [0.717, 1.165) is 0 Å². The third-order valence-electron chi connectivity index (χ3n) is 4.14. The predicted molar refractivity (Wildman–Crippen MR) is 95.5 cm³/mol. The van der Waals surface area contributed by atoms with Crippen molar-refractivity contribution in [1.82, 2.24) is 0 Å². The van der Waals surface area contributed by atoms with Crippen LogP contribution in [0.3, 0.4) is 0 Å². The van der Waals surface area contributed by atoms with Gasteiger partial charge >= 0.3 is 0 Å². The number of benzene rings is 3. The number of thiophene rings is 1. The average Bonchev–Trinajstić information content (AvgIpc) is 2.81. The molecule has 0 aliphatic heterocycles. The van der Waals surface area contributed by atoms with E-state index < -0.39 is 0 Å². The molecule has 0 spiro atoms. The maximum Gasteiger partial charge on any atom is 0.0399 e. The number of hydrogen-bond donors (Lipinski definition) is 0. The van der Waals surface area contributed by atoms with Crippen LogP contribution < -0.4 is 0 Å². The van der Waals surface area contributed by atoms with Crippen LogP contribution in [0, 0.1) is 0 Å². The zero-order valence-electron chi connectivity index (χ0n) is 12.6. The van der Waals surface area contributed by atoms with E-state index >= 15 is 0 Å². The van der Waals surface area contributed by atoms with Crippen molar-refractivity contribution in [3.63, 3.8) is 0 Å². The minimum atomic E-state index is 0.139. The predicted octanol–water partition coefficient (Wildman–Crippen LogP) is 6.51. The first-order valence-corrected chi connectivity index (χ1v) is 8.21. The van der Waals surface area contributed by atoms with Crippen LogP contribution in [0.15, 0.2) is 54.6 Å². The smallest absolute Gasteiger partial charge is 0.0399 e. The van der Waals surface area contributed by atoms with Crippen LogP contribution in [0.2, 0.25) is 0 Å². The molecule has 0 aliphatic carbocycles. The average molecular weight is 290 g/mol. The van der Waals surface area contributed by atoms with Gasteiger partial charge in [0.05, 0.1) is 0 Å². The molecule has 0 fully saturated rings. The van der Waals surface area contributed by atoms with Crippen molar-refractivity contribution >= 4 is 42.3 Å². The number of rotatable bonds is 0. The quantitative estimate of drug-likeness (QED) is 0.346. The molecule has 0 saturated carbocycles. The lowest BCUT2D eigenvalue weighted by atomic mass is 9.82. The van der Waals surface area contributed by atoms with E-state index in [2.05, 4.69) is 75.4 Å². The molecule has 4 aromatic rings. The zero-order chi connectivity index (χ0) is 14.6. The topological polar surface area (TPSA) is 0 Å². The van der Waals surface area contributed by atoms with Gasteiger partial charge in [0, 0.05) is 20.2 Å². The molecule has 0 bridgehead atoms. The fourth-order valence-corrected chi connectivity index (χ4v) is 4.72. The normalized spacial score (nSPS) is 12.5. The van der Waals surface area contributed by atoms with Gasteiger partial charge in [-0.2, -0.15) is 0 Å². The van der Waals surface area contributed by atoms with E-state index in [0.29, 0.717) is 0 Å². The van der Waals surface area contributed by atoms with Crippen LogP contribution in [0.4, 0.5) is 0 Å². The summed E-state index contributed by atoms with van der Waals surface area (Å²) in [5, 5.41) is 5.52. The summed E-state index contributed by atoms with van der Waals surface area (Å²) in [4.78, 5) is 0. The van der Waals surface area contributed by atoms with Crippen molar-refractivity contribution in [3.05, 3.63) is 60.2 Å². The summed E-state index contributed by atoms with van der Waals surface area (Å²) < 4.78 is 2.83. The largest absolute Gasteiger partial charge is 0.135 e. The van der Waals surface area contributed by atoms with Gasteiger partial charge in [-0.25, -0.2) is 0 Å². The Bertz CT molecular complexity index is 968. The second-order valence-corrected chi connectivity index (χ2v) is 7.75. The van der Waals surface area contributed by atoms with Crippen LogP contribution in [0.25, 0.3) is 30.9 Å². The molecule has 0 radical (unpaired) electrons. The molecule has 104 valence electrons. The standard InChI is InChI=1S/C20H18S/c1-20(2,3)18-14-9-5-4-8-13(14)12-16-15-10-6-7-11-17(15)21-19(16)18/h4-12H,1-3H3. The molecular weight excluding hydrogens is 272 g/mol. The Hall–Kier alpha value is -1.86. The highest BCUT2D eigenvalue weighted by molar-refractivity contribution is 7.26. The monoisotopic (exact) mass is 290 g/mol. The van der Waals surface area contributed by atoms with Gasteiger partial charge in [-0.1, -0.05) is 63.2 Å². The summed E-state index contributed by atoms with van der Waals surface area (Å²) in [5.41, 5.74) is 1.62. The van der Waals surface area contributed by atoms with Crippen molar-refractivity contribution in [1.29, 1.82) is 0 Å². The fourth-order valence-electron chi connectivity index (χ4n) is 3.27. The van der Waals surface area contributed by atoms with Gasteiger partial charge in [0.15, 0.2) is 0 Å². The molecule has 0 amide bonds. The van der Waals surface area contributed by atoms with Crippen molar-refractivity contribution in [2.24, 2.45) is 0 Å². The highest BCUT2D eigenvalue weighted by Crippen LogP contribution is 2.43. The Kier molecular flexibility index (Phi) is 2.64. The highest BCUT2D eigenvalue weighted by atomic mass is 32.1. The van der Waals surface area contributed by atoms with Gasteiger partial charge in [0.2, 0.25) is 0 Å². The Morgan fingerprint density at radius 2 is 1.43 bits per heavy atom. The molecule has 0 aliphatic rings. The maximum absolute atomic E-state index is 2.36. The van der Waals surface area contributed by atoms with Gasteiger partial charge in [0.1, 0.15) is 0 Å². The zero-order valence-corrected chi connectivity index (χ0v) is 13.4. The molecule has 4 rings (SSSR count). The summed E-state index contributed by atoms with van der Waals surface area (Å²) in [6, 6.07) is 19.9. The summed E-state index contributed by atoms with van der Waals surface area (Å²) in [6.07, 6.45) is 0. The summed E-state index contributed by atoms with van der Waals surface area (Å²) in [7, 11) is 0. The molecule has 0 N–H and O–H groups in total. The molecule has 1 aromatic heterocycles. The van der Waals surface area contributed by atoms with Crippen molar-refractivity contribution in [2.75, 3.05) is 0 Å². The molecule has 0 nitrogen and oxygen atoms in total. The first-order chi connectivity index (χ1) is 10.1. The third kappa shape index (κ3) is 1.88. The van der Waals surface area contributed by atoms with Gasteiger partial charge < -0.3 is 0 Å². The molecule has 1 heterocycles. The molecule has 0 saturated heterocycles. The third-order valence-corrected chi connectivity index (χ3v) is 5.34. The molecule has 21 heavy (non-hydrogen) atoms. The summed E-state index contributed by atoms with van der Waals surface area (Å²) >= 11 is 1.93. The Balaban J connectivity index is 2.32. The second-order valence-electron chi connectivity index (χ2n) is 6.70. The molecule has 3 aromatic carbocycles. The van der Waals surface area contributed by atoms with E-state index in [1.54, 1.807) is 0 Å². The van der Waals surface area contributed by atoms with Crippen LogP contribution in [-0.2, 0) is 5.41 Å². The molecule has 0 unspecified atom stereocenters. The van der Waals surface area contributed by atoms with E-state index in [-0.39, 0.29) is 5.41 Å². The second kappa shape index (κ2) is 4.32. The van der Waals surface area contributed by atoms with Crippen LogP contribution in [0.1, 0.15) is 26.3 Å². The summed E-state index contributed by atoms with van der Waals surface area (Å²) in [6.45, 7) is 6.95. The minimum absolute atomic E-state index is 0.139. The number of hydrogen-bond acceptors (Lipinski definition) is 1. The molecular formula is C20H18S. The van der Waals surface area contributed by atoms with Gasteiger partial charge in [0.25, 0.3) is 0 Å². The van der Waals surface area contributed by atoms with E-state index in [4.69, 9.17) is 0 Å². The Labute approximate surface area is 129 Å². The SMILES string of the molecule is CC(C)(C)c1c2ccccc2cc2c1sc1ccccc12. The van der Waals surface area contributed by atoms with E-state index in [1.165, 1.54) is 36.5 Å². The first-order valence-electron chi connectivity index (χ1n) is 7.39. The Morgan fingerprint density at radius 1 is 0.762 bits per heavy atom. The lowest BCUT2D eigenvalue weighted by Gasteiger charge is -2.22. The van der Waals surface area contributed by atoms with Gasteiger partial charge in [-0.15, -0.1) is 11.3 Å². The van der Waals surface area contributed by atoms with Gasteiger partial charge in [-0.05, 0) is 33.9 Å². The van der Waals surface area contributed by atoms with Crippen molar-refractivity contribution in [2.45, 2.75) is 26.2 Å². The fraction of sp³-hybridized carbons (Fsp3) is 0.200. The maximum atomic E-state index is 2.36. The van der Waals surface area contributed by atoms with E-state index in [1.807, 2.05) is 11.3 Å². The van der Waals surface area contributed by atoms with E-state index in [9.17, 15) is 0 Å². The minimum Gasteiger partial charge on any atom is -0.135 e. The molecule has 1 heteroatoms. The van der Waals surface area contributed by atoms with Crippen LogP contribution in [0.5, 0.6) is 0 Å². The lowest BCUT2D eigenvalue weighted by Crippen LogP contribution is -2.11. The van der Waals surface area contributed by atoms with Crippen molar-refractivity contribution in [3.8, 4) is 0 Å². The van der Waals surface area contributed by atoms with Gasteiger partial charge in [-0.3, -0.25) is 0 Å². The molecule has 0 atom stereocenters. The highest BCUT2D eigenvalue weighted by Gasteiger charge is 2.22. The first kappa shape index (κ1) is 12.8. The lowest BCUT2D eigenvalue weighted by molar-refractivity contribution is 0.602. The van der Waals surface area contributed by atoms with Crippen molar-refractivity contribution < 1.29 is 0 Å². The summed E-state index contributed by atoms with van der Waals surface area (Å²) in [5.74, 6) is 0. The van der Waals surface area contributed by atoms with Crippen LogP contribution >= 0.6 is 11.3 Å². The van der Waals surface area contributed by atoms with Crippen LogP contribution in [-0.4, -0.2) is 0 Å². The number of fused-ring (bicyclic) bond motifs is 4. The Morgan fingerprint density at radius 3 is 2.19 bits per heavy atom.